The van der Waals surface area contributed by atoms with Gasteiger partial charge in [0.15, 0.2) is 0 Å². The molecule has 30 heavy (non-hydrogen) atoms. The highest BCUT2D eigenvalue weighted by molar-refractivity contribution is 7.14. The molecule has 1 amide bonds. The standard InChI is InChI=1S/C24H21NO4S/c26-23(27)22-12-11-21(30-22)20-10-5-13-25(20)24(28)29-14-19-17-8-3-1-6-15(17)16-7-2-4-9-18(16)19/h1-4,6-9,11-12,19-20H,5,10,13-14H2,(H,26,27). The molecule has 0 bridgehead atoms. The zero-order valence-corrected chi connectivity index (χ0v) is 17.1. The Hall–Kier alpha value is -3.12. The van der Waals surface area contributed by atoms with Crippen molar-refractivity contribution in [3.05, 3.63) is 81.5 Å². The van der Waals surface area contributed by atoms with E-state index in [-0.39, 0.29) is 18.1 Å². The first-order chi connectivity index (χ1) is 14.6. The predicted octanol–water partition coefficient (Wildman–Crippen LogP) is 5.53. The number of carbonyl (C=O) groups is 2. The molecule has 1 unspecified atom stereocenters. The average molecular weight is 420 g/mol. The van der Waals surface area contributed by atoms with E-state index in [1.165, 1.54) is 33.6 Å². The third kappa shape index (κ3) is 3.17. The zero-order chi connectivity index (χ0) is 20.7. The van der Waals surface area contributed by atoms with Crippen molar-refractivity contribution in [2.45, 2.75) is 24.8 Å². The van der Waals surface area contributed by atoms with Crippen LogP contribution in [-0.2, 0) is 4.74 Å². The molecule has 5 nitrogen and oxygen atoms in total. The number of likely N-dealkylation sites (tertiary alicyclic amines) is 1. The van der Waals surface area contributed by atoms with Crippen molar-refractivity contribution >= 4 is 23.4 Å². The smallest absolute Gasteiger partial charge is 0.410 e. The summed E-state index contributed by atoms with van der Waals surface area (Å²) in [7, 11) is 0. The van der Waals surface area contributed by atoms with Crippen molar-refractivity contribution in [3.8, 4) is 11.1 Å². The van der Waals surface area contributed by atoms with Gasteiger partial charge < -0.3 is 14.7 Å². The number of ether oxygens (including phenoxy) is 1. The summed E-state index contributed by atoms with van der Waals surface area (Å²) in [6.45, 7) is 0.919. The van der Waals surface area contributed by atoms with Gasteiger partial charge in [-0.1, -0.05) is 48.5 Å². The minimum Gasteiger partial charge on any atom is -0.477 e. The number of amides is 1. The van der Waals surface area contributed by atoms with Crippen LogP contribution >= 0.6 is 11.3 Å². The summed E-state index contributed by atoms with van der Waals surface area (Å²) in [5.74, 6) is -0.903. The minimum absolute atomic E-state index is 0.0303. The van der Waals surface area contributed by atoms with Crippen LogP contribution in [0.1, 0.15) is 50.5 Å². The quantitative estimate of drug-likeness (QED) is 0.604. The van der Waals surface area contributed by atoms with Crippen molar-refractivity contribution in [2.24, 2.45) is 0 Å². The van der Waals surface area contributed by atoms with Gasteiger partial charge in [-0.05, 0) is 47.2 Å². The van der Waals surface area contributed by atoms with E-state index < -0.39 is 5.97 Å². The van der Waals surface area contributed by atoms with E-state index in [1.807, 2.05) is 30.3 Å². The first-order valence-electron chi connectivity index (χ1n) is 10.1. The normalized spacial score (nSPS) is 17.6. The van der Waals surface area contributed by atoms with E-state index >= 15 is 0 Å². The highest BCUT2D eigenvalue weighted by Gasteiger charge is 2.34. The van der Waals surface area contributed by atoms with E-state index in [4.69, 9.17) is 4.74 Å². The molecule has 0 radical (unpaired) electrons. The van der Waals surface area contributed by atoms with Gasteiger partial charge in [-0.2, -0.15) is 0 Å². The molecule has 2 aliphatic rings. The van der Waals surface area contributed by atoms with Gasteiger partial charge >= 0.3 is 12.1 Å². The van der Waals surface area contributed by atoms with Gasteiger partial charge in [0.05, 0.1) is 6.04 Å². The van der Waals surface area contributed by atoms with Crippen molar-refractivity contribution in [3.63, 3.8) is 0 Å². The first kappa shape index (κ1) is 18.9. The monoisotopic (exact) mass is 419 g/mol. The van der Waals surface area contributed by atoms with Crippen molar-refractivity contribution < 1.29 is 19.4 Å². The van der Waals surface area contributed by atoms with Gasteiger partial charge in [-0.3, -0.25) is 0 Å². The molecule has 0 saturated carbocycles. The Morgan fingerprint density at radius 1 is 1.00 bits per heavy atom. The van der Waals surface area contributed by atoms with Crippen molar-refractivity contribution in [1.82, 2.24) is 4.90 Å². The molecule has 2 heterocycles. The molecule has 5 rings (SSSR count). The number of carboxylic acids is 1. The fourth-order valence-corrected chi connectivity index (χ4v) is 5.60. The van der Waals surface area contributed by atoms with E-state index in [9.17, 15) is 14.7 Å². The average Bonchev–Trinajstić information content (AvgIpc) is 3.49. The second-order valence-corrected chi connectivity index (χ2v) is 8.78. The van der Waals surface area contributed by atoms with Crippen LogP contribution in [0.5, 0.6) is 0 Å². The van der Waals surface area contributed by atoms with Gasteiger partial charge in [0.2, 0.25) is 0 Å². The predicted molar refractivity (Wildman–Crippen MR) is 115 cm³/mol. The summed E-state index contributed by atoms with van der Waals surface area (Å²) < 4.78 is 5.80. The fraction of sp³-hybridized carbons (Fsp3) is 0.250. The Morgan fingerprint density at radius 3 is 2.30 bits per heavy atom. The minimum atomic E-state index is -0.933. The Balaban J connectivity index is 1.33. The summed E-state index contributed by atoms with van der Waals surface area (Å²) in [5, 5.41) is 9.19. The lowest BCUT2D eigenvalue weighted by atomic mass is 9.98. The van der Waals surface area contributed by atoms with E-state index in [0.717, 1.165) is 17.7 Å². The maximum Gasteiger partial charge on any atom is 0.410 e. The van der Waals surface area contributed by atoms with Crippen LogP contribution in [0.2, 0.25) is 0 Å². The molecule has 1 fully saturated rings. The lowest BCUT2D eigenvalue weighted by Gasteiger charge is -2.24. The van der Waals surface area contributed by atoms with Gasteiger partial charge in [0, 0.05) is 17.3 Å². The molecule has 152 valence electrons. The molecule has 1 saturated heterocycles. The molecule has 1 aromatic heterocycles. The third-order valence-corrected chi connectivity index (χ3v) is 7.16. The molecule has 2 aromatic carbocycles. The molecule has 1 aliphatic heterocycles. The number of carboxylic acid groups (broad SMARTS) is 1. The van der Waals surface area contributed by atoms with E-state index in [0.29, 0.717) is 18.0 Å². The largest absolute Gasteiger partial charge is 0.477 e. The van der Waals surface area contributed by atoms with Crippen LogP contribution in [0.25, 0.3) is 11.1 Å². The topological polar surface area (TPSA) is 66.8 Å². The molecule has 1 N–H and O–H groups in total. The van der Waals surface area contributed by atoms with Crippen LogP contribution in [0, 0.1) is 0 Å². The second kappa shape index (κ2) is 7.61. The highest BCUT2D eigenvalue weighted by Crippen LogP contribution is 2.45. The molecule has 1 aliphatic carbocycles. The summed E-state index contributed by atoms with van der Waals surface area (Å²) in [4.78, 5) is 27.1. The number of nitrogens with zero attached hydrogens (tertiary/aromatic N) is 1. The van der Waals surface area contributed by atoms with Crippen LogP contribution in [0.15, 0.2) is 60.7 Å². The van der Waals surface area contributed by atoms with Gasteiger partial charge in [0.1, 0.15) is 11.5 Å². The summed E-state index contributed by atoms with van der Waals surface area (Å²) in [6, 6.07) is 19.9. The molecule has 6 heteroatoms. The van der Waals surface area contributed by atoms with Gasteiger partial charge in [-0.15, -0.1) is 11.3 Å². The Bertz CT molecular complexity index is 1080. The molecule has 1 atom stereocenters. The van der Waals surface area contributed by atoms with Gasteiger partial charge in [0.25, 0.3) is 0 Å². The zero-order valence-electron chi connectivity index (χ0n) is 16.3. The van der Waals surface area contributed by atoms with Crippen LogP contribution in [0.3, 0.4) is 0 Å². The number of aromatic carboxylic acids is 1. The number of carbonyl (C=O) groups excluding carboxylic acids is 1. The summed E-state index contributed by atoms with van der Waals surface area (Å²) >= 11 is 1.24. The Labute approximate surface area is 178 Å². The fourth-order valence-electron chi connectivity index (χ4n) is 4.60. The number of hydrogen-bond donors (Lipinski definition) is 1. The Kier molecular flexibility index (Phi) is 4.79. The SMILES string of the molecule is O=C(O)c1ccc(C2CCCN2C(=O)OCC2c3ccccc3-c3ccccc32)s1. The number of fused-ring (bicyclic) bond motifs is 3. The van der Waals surface area contributed by atoms with Gasteiger partial charge in [-0.25, -0.2) is 9.59 Å². The van der Waals surface area contributed by atoms with Crippen LogP contribution < -0.4 is 0 Å². The maximum absolute atomic E-state index is 12.9. The molecular formula is C24H21NO4S. The van der Waals surface area contributed by atoms with Crippen molar-refractivity contribution in [1.29, 1.82) is 0 Å². The molecular weight excluding hydrogens is 398 g/mol. The van der Waals surface area contributed by atoms with E-state index in [2.05, 4.69) is 24.3 Å². The second-order valence-electron chi connectivity index (χ2n) is 7.66. The molecule has 3 aromatic rings. The third-order valence-electron chi connectivity index (χ3n) is 5.99. The number of benzene rings is 2. The van der Waals surface area contributed by atoms with Crippen molar-refractivity contribution in [2.75, 3.05) is 13.2 Å². The number of rotatable bonds is 4. The lowest BCUT2D eigenvalue weighted by Crippen LogP contribution is -2.31. The number of hydrogen-bond acceptors (Lipinski definition) is 4. The molecule has 0 spiro atoms. The van der Waals surface area contributed by atoms with E-state index in [1.54, 1.807) is 11.0 Å². The summed E-state index contributed by atoms with van der Waals surface area (Å²) in [5.41, 5.74) is 4.78. The Morgan fingerprint density at radius 2 is 1.67 bits per heavy atom. The van der Waals surface area contributed by atoms with Crippen LogP contribution in [0.4, 0.5) is 4.79 Å². The lowest BCUT2D eigenvalue weighted by molar-refractivity contribution is 0.0702. The van der Waals surface area contributed by atoms with Crippen LogP contribution in [-0.4, -0.2) is 35.2 Å². The first-order valence-corrected chi connectivity index (χ1v) is 10.9. The highest BCUT2D eigenvalue weighted by atomic mass is 32.1. The summed E-state index contributed by atoms with van der Waals surface area (Å²) in [6.07, 6.45) is 1.38. The number of thiophene rings is 1. The maximum atomic E-state index is 12.9.